The van der Waals surface area contributed by atoms with Gasteiger partial charge < -0.3 is 9.47 Å². The van der Waals surface area contributed by atoms with Gasteiger partial charge in [-0.05, 0) is 25.1 Å². The molecule has 6 nitrogen and oxygen atoms in total. The summed E-state index contributed by atoms with van der Waals surface area (Å²) in [4.78, 5) is 8.78. The second kappa shape index (κ2) is 4.73. The molecule has 0 saturated carbocycles. The van der Waals surface area contributed by atoms with Crippen LogP contribution in [0.25, 0.3) is 11.4 Å². The highest BCUT2D eigenvalue weighted by Gasteiger charge is 2.26. The van der Waals surface area contributed by atoms with Crippen molar-refractivity contribution in [2.45, 2.75) is 19.3 Å². The summed E-state index contributed by atoms with van der Waals surface area (Å²) >= 11 is 0. The Balaban J connectivity index is 1.59. The van der Waals surface area contributed by atoms with Crippen molar-refractivity contribution in [1.82, 2.24) is 20.2 Å². The Morgan fingerprint density at radius 3 is 3.19 bits per heavy atom. The van der Waals surface area contributed by atoms with E-state index in [9.17, 15) is 0 Å². The highest BCUT2D eigenvalue weighted by molar-refractivity contribution is 5.54. The number of aromatic amines is 1. The van der Waals surface area contributed by atoms with Gasteiger partial charge in [0.25, 0.3) is 0 Å². The molecule has 4 rings (SSSR count). The molecule has 0 aromatic carbocycles. The summed E-state index contributed by atoms with van der Waals surface area (Å²) in [5, 5.41) is 7.33. The first kappa shape index (κ1) is 12.1. The molecule has 106 valence electrons. The Kier molecular flexibility index (Phi) is 2.73. The van der Waals surface area contributed by atoms with E-state index in [1.807, 2.05) is 25.1 Å². The predicted octanol–water partition coefficient (Wildman–Crippen LogP) is 2.43. The molecule has 1 N–H and O–H groups in total. The van der Waals surface area contributed by atoms with Crippen LogP contribution < -0.4 is 0 Å². The number of hydrogen-bond acceptors (Lipinski definition) is 5. The van der Waals surface area contributed by atoms with Crippen molar-refractivity contribution in [1.29, 1.82) is 0 Å². The van der Waals surface area contributed by atoms with Gasteiger partial charge in [-0.1, -0.05) is 6.08 Å². The van der Waals surface area contributed by atoms with E-state index in [1.165, 1.54) is 0 Å². The molecular formula is C15H14N4O2. The van der Waals surface area contributed by atoms with Crippen LogP contribution in [-0.2, 0) is 9.47 Å². The third-order valence-electron chi connectivity index (χ3n) is 3.61. The average Bonchev–Trinajstić information content (AvgIpc) is 3.15. The highest BCUT2D eigenvalue weighted by atomic mass is 16.7. The van der Waals surface area contributed by atoms with Gasteiger partial charge in [-0.15, -0.1) is 0 Å². The molecule has 3 heterocycles. The number of nitrogens with one attached hydrogen (secondary N) is 1. The highest BCUT2D eigenvalue weighted by Crippen LogP contribution is 2.34. The van der Waals surface area contributed by atoms with Crippen LogP contribution in [0.15, 0.2) is 42.0 Å². The van der Waals surface area contributed by atoms with Crippen molar-refractivity contribution in [3.8, 4) is 11.4 Å². The van der Waals surface area contributed by atoms with E-state index in [0.29, 0.717) is 6.79 Å². The van der Waals surface area contributed by atoms with E-state index in [-0.39, 0.29) is 5.92 Å². The Labute approximate surface area is 121 Å². The molecule has 0 saturated heterocycles. The zero-order valence-electron chi connectivity index (χ0n) is 11.5. The van der Waals surface area contributed by atoms with E-state index in [2.05, 4.69) is 26.2 Å². The molecule has 2 aromatic heterocycles. The van der Waals surface area contributed by atoms with Crippen molar-refractivity contribution in [3.63, 3.8) is 0 Å². The Morgan fingerprint density at radius 2 is 2.29 bits per heavy atom. The number of ether oxygens (including phenoxy) is 2. The van der Waals surface area contributed by atoms with E-state index in [0.717, 1.165) is 40.8 Å². The van der Waals surface area contributed by atoms with Gasteiger partial charge in [0.2, 0.25) is 6.79 Å². The molecule has 0 radical (unpaired) electrons. The predicted molar refractivity (Wildman–Crippen MR) is 74.9 cm³/mol. The lowest BCUT2D eigenvalue weighted by Gasteiger charge is -2.12. The van der Waals surface area contributed by atoms with Crippen LogP contribution in [0.5, 0.6) is 0 Å². The minimum atomic E-state index is 0.110. The summed E-state index contributed by atoms with van der Waals surface area (Å²) in [7, 11) is 0. The fourth-order valence-corrected chi connectivity index (χ4v) is 2.53. The van der Waals surface area contributed by atoms with Gasteiger partial charge in [0, 0.05) is 29.8 Å². The summed E-state index contributed by atoms with van der Waals surface area (Å²) in [6.07, 6.45) is 6.49. The minimum absolute atomic E-state index is 0.110. The normalized spacial score (nSPS) is 20.1. The molecule has 0 spiro atoms. The van der Waals surface area contributed by atoms with Crippen LogP contribution in [0.1, 0.15) is 23.9 Å². The SMILES string of the molecule is Cc1cc(-c2nc(C3C=CC4=C(C3)OCO4)n[nH]2)ccn1. The minimum Gasteiger partial charge on any atom is -0.458 e. The second-order valence-corrected chi connectivity index (χ2v) is 5.09. The van der Waals surface area contributed by atoms with Crippen LogP contribution in [-0.4, -0.2) is 27.0 Å². The van der Waals surface area contributed by atoms with E-state index in [1.54, 1.807) is 6.20 Å². The molecule has 0 amide bonds. The number of H-pyrrole nitrogens is 1. The van der Waals surface area contributed by atoms with Crippen LogP contribution in [0.4, 0.5) is 0 Å². The van der Waals surface area contributed by atoms with Crippen LogP contribution >= 0.6 is 0 Å². The lowest BCUT2D eigenvalue weighted by molar-refractivity contribution is 0.0724. The molecular weight excluding hydrogens is 268 g/mol. The molecule has 2 aromatic rings. The fraction of sp³-hybridized carbons (Fsp3) is 0.267. The summed E-state index contributed by atoms with van der Waals surface area (Å²) < 4.78 is 10.8. The first-order valence-corrected chi connectivity index (χ1v) is 6.82. The quantitative estimate of drug-likeness (QED) is 0.915. The van der Waals surface area contributed by atoms with Crippen molar-refractivity contribution in [2.24, 2.45) is 0 Å². The third-order valence-corrected chi connectivity index (χ3v) is 3.61. The first-order valence-electron chi connectivity index (χ1n) is 6.82. The van der Waals surface area contributed by atoms with Gasteiger partial charge in [-0.25, -0.2) is 4.98 Å². The lowest BCUT2D eigenvalue weighted by Crippen LogP contribution is -2.04. The van der Waals surface area contributed by atoms with Crippen LogP contribution in [0.2, 0.25) is 0 Å². The van der Waals surface area contributed by atoms with Gasteiger partial charge >= 0.3 is 0 Å². The van der Waals surface area contributed by atoms with Crippen molar-refractivity contribution >= 4 is 0 Å². The molecule has 0 fully saturated rings. The van der Waals surface area contributed by atoms with Crippen molar-refractivity contribution < 1.29 is 9.47 Å². The molecule has 1 aliphatic heterocycles. The smallest absolute Gasteiger partial charge is 0.230 e. The number of pyridine rings is 1. The number of hydrogen-bond donors (Lipinski definition) is 1. The molecule has 21 heavy (non-hydrogen) atoms. The third kappa shape index (κ3) is 2.18. The van der Waals surface area contributed by atoms with E-state index < -0.39 is 0 Å². The van der Waals surface area contributed by atoms with Crippen LogP contribution in [0, 0.1) is 6.92 Å². The Bertz CT molecular complexity index is 748. The summed E-state index contributed by atoms with van der Waals surface area (Å²) in [5.41, 5.74) is 1.94. The second-order valence-electron chi connectivity index (χ2n) is 5.09. The molecule has 1 unspecified atom stereocenters. The maximum Gasteiger partial charge on any atom is 0.230 e. The monoisotopic (exact) mass is 282 g/mol. The Hall–Kier alpha value is -2.63. The summed E-state index contributed by atoms with van der Waals surface area (Å²) in [6.45, 7) is 2.26. The van der Waals surface area contributed by atoms with Crippen LogP contribution in [0.3, 0.4) is 0 Å². The number of aryl methyl sites for hydroxylation is 1. The van der Waals surface area contributed by atoms with Gasteiger partial charge in [0.05, 0.1) is 0 Å². The average molecular weight is 282 g/mol. The maximum atomic E-state index is 5.45. The first-order chi connectivity index (χ1) is 10.3. The van der Waals surface area contributed by atoms with Crippen molar-refractivity contribution in [3.05, 3.63) is 53.5 Å². The standard InChI is InChI=1S/C15H14N4O2/c1-9-6-11(4-5-16-9)15-17-14(18-19-15)10-2-3-12-13(7-10)21-8-20-12/h2-6,10H,7-8H2,1H3,(H,17,18,19). The van der Waals surface area contributed by atoms with Gasteiger partial charge in [-0.3, -0.25) is 10.1 Å². The number of aromatic nitrogens is 4. The molecule has 1 atom stereocenters. The lowest BCUT2D eigenvalue weighted by atomic mass is 9.98. The summed E-state index contributed by atoms with van der Waals surface area (Å²) in [5.74, 6) is 3.34. The molecule has 1 aliphatic carbocycles. The Morgan fingerprint density at radius 1 is 1.33 bits per heavy atom. The topological polar surface area (TPSA) is 72.9 Å². The van der Waals surface area contributed by atoms with Gasteiger partial charge in [0.15, 0.2) is 17.4 Å². The maximum absolute atomic E-state index is 5.45. The van der Waals surface area contributed by atoms with E-state index in [4.69, 9.17) is 9.47 Å². The zero-order chi connectivity index (χ0) is 14.2. The largest absolute Gasteiger partial charge is 0.458 e. The van der Waals surface area contributed by atoms with E-state index >= 15 is 0 Å². The van der Waals surface area contributed by atoms with Crippen molar-refractivity contribution in [2.75, 3.05) is 6.79 Å². The molecule has 2 aliphatic rings. The number of rotatable bonds is 2. The number of nitrogens with zero attached hydrogens (tertiary/aromatic N) is 3. The van der Waals surface area contributed by atoms with Gasteiger partial charge in [-0.2, -0.15) is 5.10 Å². The summed E-state index contributed by atoms with van der Waals surface area (Å²) in [6, 6.07) is 3.90. The fourth-order valence-electron chi connectivity index (χ4n) is 2.53. The van der Waals surface area contributed by atoms with Gasteiger partial charge in [0.1, 0.15) is 5.76 Å². The molecule has 0 bridgehead atoms. The number of allylic oxidation sites excluding steroid dienone is 3. The zero-order valence-corrected chi connectivity index (χ0v) is 11.5. The molecule has 6 heteroatoms.